The fraction of sp³-hybridized carbons (Fsp3) is 0.625. The number of hydrogen-bond donors (Lipinski definition) is 2. The van der Waals surface area contributed by atoms with Crippen LogP contribution in [0.25, 0.3) is 0 Å². The quantitative estimate of drug-likeness (QED) is 0.774. The van der Waals surface area contributed by atoms with Crippen molar-refractivity contribution in [1.29, 1.82) is 0 Å². The molecule has 0 aromatic heterocycles. The molecule has 2 N–H and O–H groups in total. The molecule has 20 heavy (non-hydrogen) atoms. The lowest BCUT2D eigenvalue weighted by atomic mass is 10.1. The van der Waals surface area contributed by atoms with Crippen LogP contribution in [0.2, 0.25) is 5.02 Å². The van der Waals surface area contributed by atoms with Crippen molar-refractivity contribution in [2.45, 2.75) is 45.3 Å². The van der Waals surface area contributed by atoms with Crippen LogP contribution in [-0.4, -0.2) is 30.4 Å². The van der Waals surface area contributed by atoms with Crippen LogP contribution >= 0.6 is 11.6 Å². The molecule has 2 atom stereocenters. The van der Waals surface area contributed by atoms with E-state index in [2.05, 4.69) is 12.2 Å². The Bertz CT molecular complexity index is 434. The van der Waals surface area contributed by atoms with Gasteiger partial charge in [0.25, 0.3) is 0 Å². The van der Waals surface area contributed by atoms with Gasteiger partial charge in [-0.25, -0.2) is 0 Å². The molecule has 1 saturated carbocycles. The van der Waals surface area contributed by atoms with E-state index in [-0.39, 0.29) is 0 Å². The summed E-state index contributed by atoms with van der Waals surface area (Å²) >= 11 is 5.96. The molecular weight excluding hydrogens is 274 g/mol. The second-order valence-electron chi connectivity index (χ2n) is 5.86. The highest BCUT2D eigenvalue weighted by atomic mass is 35.5. The normalized spacial score (nSPS) is 17.8. The Morgan fingerprint density at radius 2 is 2.20 bits per heavy atom. The summed E-state index contributed by atoms with van der Waals surface area (Å²) in [6.45, 7) is 4.98. The van der Waals surface area contributed by atoms with Crippen molar-refractivity contribution in [2.75, 3.05) is 13.2 Å². The summed E-state index contributed by atoms with van der Waals surface area (Å²) in [5.74, 6) is 1.65. The predicted octanol–water partition coefficient (Wildman–Crippen LogP) is 3.17. The van der Waals surface area contributed by atoms with Crippen molar-refractivity contribution < 1.29 is 9.84 Å². The van der Waals surface area contributed by atoms with E-state index in [0.29, 0.717) is 19.2 Å². The monoisotopic (exact) mass is 297 g/mol. The van der Waals surface area contributed by atoms with Gasteiger partial charge in [-0.1, -0.05) is 24.4 Å². The maximum absolute atomic E-state index is 9.92. The van der Waals surface area contributed by atoms with E-state index in [1.807, 2.05) is 25.1 Å². The van der Waals surface area contributed by atoms with Crippen molar-refractivity contribution in [1.82, 2.24) is 5.32 Å². The lowest BCUT2D eigenvalue weighted by Crippen LogP contribution is -2.36. The topological polar surface area (TPSA) is 41.5 Å². The van der Waals surface area contributed by atoms with Crippen LogP contribution in [0, 0.1) is 12.8 Å². The van der Waals surface area contributed by atoms with Gasteiger partial charge in [0.2, 0.25) is 0 Å². The van der Waals surface area contributed by atoms with E-state index >= 15 is 0 Å². The van der Waals surface area contributed by atoms with Gasteiger partial charge < -0.3 is 15.2 Å². The summed E-state index contributed by atoms with van der Waals surface area (Å²) in [6, 6.07) is 5.99. The first-order valence-corrected chi connectivity index (χ1v) is 7.73. The molecule has 1 aromatic carbocycles. The number of nitrogens with one attached hydrogen (secondary N) is 1. The van der Waals surface area contributed by atoms with Crippen molar-refractivity contribution in [2.24, 2.45) is 5.92 Å². The first-order valence-electron chi connectivity index (χ1n) is 7.35. The van der Waals surface area contributed by atoms with Crippen LogP contribution < -0.4 is 10.1 Å². The average molecular weight is 298 g/mol. The van der Waals surface area contributed by atoms with Gasteiger partial charge in [0, 0.05) is 17.6 Å². The minimum atomic E-state index is -0.493. The van der Waals surface area contributed by atoms with Gasteiger partial charge in [0.15, 0.2) is 0 Å². The molecule has 1 fully saturated rings. The van der Waals surface area contributed by atoms with Gasteiger partial charge in [-0.2, -0.15) is 0 Å². The summed E-state index contributed by atoms with van der Waals surface area (Å²) in [7, 11) is 0. The third-order valence-corrected chi connectivity index (χ3v) is 4.08. The minimum absolute atomic E-state index is 0.296. The molecule has 0 heterocycles. The third-order valence-electron chi connectivity index (χ3n) is 3.66. The molecule has 0 unspecified atom stereocenters. The number of hydrogen-bond acceptors (Lipinski definition) is 3. The maximum atomic E-state index is 9.92. The number of aliphatic hydroxyl groups is 1. The highest BCUT2D eigenvalue weighted by Gasteiger charge is 2.23. The Labute approximate surface area is 126 Å². The Hall–Kier alpha value is -0.770. The molecule has 112 valence electrons. The number of aryl methyl sites for hydroxylation is 1. The van der Waals surface area contributed by atoms with Crippen molar-refractivity contribution >= 4 is 11.6 Å². The SMILES string of the molecule is Cc1cc(OC[C@@H](O)CN[C@H](C)CC2CC2)ccc1Cl. The molecule has 0 bridgehead atoms. The molecule has 1 aromatic rings. The Morgan fingerprint density at radius 1 is 1.45 bits per heavy atom. The highest BCUT2D eigenvalue weighted by Crippen LogP contribution is 2.33. The molecular formula is C16H24ClNO2. The molecule has 3 nitrogen and oxygen atoms in total. The Balaban J connectivity index is 1.65. The lowest BCUT2D eigenvalue weighted by molar-refractivity contribution is 0.103. The summed E-state index contributed by atoms with van der Waals surface area (Å²) in [5, 5.41) is 14.0. The lowest BCUT2D eigenvalue weighted by Gasteiger charge is -2.17. The summed E-state index contributed by atoms with van der Waals surface area (Å²) in [5.41, 5.74) is 0.981. The van der Waals surface area contributed by atoms with E-state index in [0.717, 1.165) is 22.3 Å². The standard InChI is InChI=1S/C16H24ClNO2/c1-11-7-15(5-6-16(11)17)20-10-14(19)9-18-12(2)8-13-3-4-13/h5-7,12-14,18-19H,3-4,8-10H2,1-2H3/t12-,14+/m1/s1. The number of rotatable bonds is 8. The zero-order valence-electron chi connectivity index (χ0n) is 12.2. The van der Waals surface area contributed by atoms with Gasteiger partial charge in [-0.3, -0.25) is 0 Å². The van der Waals surface area contributed by atoms with Gasteiger partial charge >= 0.3 is 0 Å². The van der Waals surface area contributed by atoms with Gasteiger partial charge in [-0.05, 0) is 49.9 Å². The zero-order chi connectivity index (χ0) is 14.5. The van der Waals surface area contributed by atoms with E-state index in [1.165, 1.54) is 19.3 Å². The number of halogens is 1. The van der Waals surface area contributed by atoms with Crippen LogP contribution in [0.4, 0.5) is 0 Å². The number of benzene rings is 1. The van der Waals surface area contributed by atoms with E-state index in [9.17, 15) is 5.11 Å². The van der Waals surface area contributed by atoms with Crippen LogP contribution in [0.1, 0.15) is 31.7 Å². The molecule has 0 spiro atoms. The van der Waals surface area contributed by atoms with Crippen molar-refractivity contribution in [3.63, 3.8) is 0 Å². The minimum Gasteiger partial charge on any atom is -0.491 e. The number of aliphatic hydroxyl groups excluding tert-OH is 1. The van der Waals surface area contributed by atoms with Crippen molar-refractivity contribution in [3.05, 3.63) is 28.8 Å². The van der Waals surface area contributed by atoms with Gasteiger partial charge in [0.1, 0.15) is 18.5 Å². The number of ether oxygens (including phenoxy) is 1. The molecule has 2 rings (SSSR count). The molecule has 0 saturated heterocycles. The van der Waals surface area contributed by atoms with Crippen LogP contribution in [0.3, 0.4) is 0 Å². The molecule has 1 aliphatic carbocycles. The molecule has 0 aliphatic heterocycles. The second kappa shape index (κ2) is 7.30. The van der Waals surface area contributed by atoms with E-state index < -0.39 is 6.10 Å². The fourth-order valence-electron chi connectivity index (χ4n) is 2.23. The molecule has 0 amide bonds. The molecule has 4 heteroatoms. The summed E-state index contributed by atoms with van der Waals surface area (Å²) < 4.78 is 5.58. The molecule has 0 radical (unpaired) electrons. The maximum Gasteiger partial charge on any atom is 0.119 e. The Morgan fingerprint density at radius 3 is 2.85 bits per heavy atom. The Kier molecular flexibility index (Phi) is 5.70. The third kappa shape index (κ3) is 5.31. The summed E-state index contributed by atoms with van der Waals surface area (Å²) in [6.07, 6.45) is 3.46. The molecule has 1 aliphatic rings. The highest BCUT2D eigenvalue weighted by molar-refractivity contribution is 6.31. The van der Waals surface area contributed by atoms with Crippen LogP contribution in [0.15, 0.2) is 18.2 Å². The van der Waals surface area contributed by atoms with Gasteiger partial charge in [0.05, 0.1) is 0 Å². The largest absolute Gasteiger partial charge is 0.491 e. The van der Waals surface area contributed by atoms with Crippen LogP contribution in [-0.2, 0) is 0 Å². The van der Waals surface area contributed by atoms with Crippen LogP contribution in [0.5, 0.6) is 5.75 Å². The first-order chi connectivity index (χ1) is 9.54. The van der Waals surface area contributed by atoms with Crippen molar-refractivity contribution in [3.8, 4) is 5.75 Å². The smallest absolute Gasteiger partial charge is 0.119 e. The van der Waals surface area contributed by atoms with E-state index in [1.54, 1.807) is 0 Å². The fourth-order valence-corrected chi connectivity index (χ4v) is 2.35. The first kappa shape index (κ1) is 15.6. The second-order valence-corrected chi connectivity index (χ2v) is 6.27. The van der Waals surface area contributed by atoms with E-state index in [4.69, 9.17) is 16.3 Å². The average Bonchev–Trinajstić information content (AvgIpc) is 3.21. The van der Waals surface area contributed by atoms with Gasteiger partial charge in [-0.15, -0.1) is 0 Å². The zero-order valence-corrected chi connectivity index (χ0v) is 13.0. The predicted molar refractivity (Wildman–Crippen MR) is 82.5 cm³/mol. The summed E-state index contributed by atoms with van der Waals surface area (Å²) in [4.78, 5) is 0.